The Morgan fingerprint density at radius 3 is 2.74 bits per heavy atom. The summed E-state index contributed by atoms with van der Waals surface area (Å²) in [5.74, 6) is -1.02. The first kappa shape index (κ1) is 14.7. The lowest BCUT2D eigenvalue weighted by atomic mass is 10.1. The zero-order valence-electron chi connectivity index (χ0n) is 12.0. The monoisotopic (exact) mass is 308 g/mol. The van der Waals surface area contributed by atoms with Crippen LogP contribution in [0.1, 0.15) is 15.9 Å². The normalized spacial score (nSPS) is 11.0. The number of aromatic hydroxyl groups is 1. The fraction of sp³-hybridized carbons (Fsp3) is 0. The van der Waals surface area contributed by atoms with Crippen LogP contribution < -0.4 is 5.43 Å². The van der Waals surface area contributed by atoms with Gasteiger partial charge in [-0.2, -0.15) is 5.10 Å². The van der Waals surface area contributed by atoms with Gasteiger partial charge in [-0.1, -0.05) is 42.5 Å². The molecule has 2 N–H and O–H groups in total. The molecule has 0 aliphatic rings. The van der Waals surface area contributed by atoms with E-state index in [1.165, 1.54) is 24.4 Å². The zero-order valence-corrected chi connectivity index (χ0v) is 12.0. The molecule has 1 amide bonds. The standard InChI is InChI=1S/C18H13FN2O2/c19-14-6-3-4-12(10-14)11-20-21-18(23)16-9-8-13-5-1-2-7-15(13)17(16)22/h1-11,22H,(H,21,23)/b20-11-. The molecule has 0 fully saturated rings. The number of hydrogen-bond acceptors (Lipinski definition) is 3. The second kappa shape index (κ2) is 6.27. The number of nitrogens with one attached hydrogen (secondary N) is 1. The van der Waals surface area contributed by atoms with E-state index in [1.807, 2.05) is 12.1 Å². The Kier molecular flexibility index (Phi) is 4.01. The predicted octanol–water partition coefficient (Wildman–Crippen LogP) is 3.45. The largest absolute Gasteiger partial charge is 0.506 e. The van der Waals surface area contributed by atoms with E-state index in [0.29, 0.717) is 10.9 Å². The molecule has 0 saturated heterocycles. The van der Waals surface area contributed by atoms with Crippen molar-refractivity contribution >= 4 is 22.9 Å². The van der Waals surface area contributed by atoms with Gasteiger partial charge in [0.05, 0.1) is 11.8 Å². The molecule has 0 spiro atoms. The fourth-order valence-electron chi connectivity index (χ4n) is 2.25. The van der Waals surface area contributed by atoms with E-state index in [-0.39, 0.29) is 17.1 Å². The summed E-state index contributed by atoms with van der Waals surface area (Å²) < 4.78 is 13.0. The van der Waals surface area contributed by atoms with Crippen molar-refractivity contribution in [3.05, 3.63) is 77.6 Å². The van der Waals surface area contributed by atoms with Gasteiger partial charge in [-0.3, -0.25) is 4.79 Å². The molecule has 0 aliphatic heterocycles. The Bertz CT molecular complexity index is 906. The quantitative estimate of drug-likeness (QED) is 0.575. The Labute approximate surface area is 131 Å². The highest BCUT2D eigenvalue weighted by atomic mass is 19.1. The minimum atomic E-state index is -0.541. The molecule has 0 aliphatic carbocycles. The molecule has 0 heterocycles. The number of carbonyl (C=O) groups excluding carboxylic acids is 1. The second-order valence-electron chi connectivity index (χ2n) is 4.94. The molecule has 0 unspecified atom stereocenters. The predicted molar refractivity (Wildman–Crippen MR) is 87.1 cm³/mol. The zero-order chi connectivity index (χ0) is 16.2. The molecule has 3 aromatic carbocycles. The molecule has 0 atom stereocenters. The van der Waals surface area contributed by atoms with Crippen molar-refractivity contribution in [1.82, 2.24) is 5.43 Å². The summed E-state index contributed by atoms with van der Waals surface area (Å²) in [4.78, 5) is 12.1. The number of phenolic OH excluding ortho intramolecular Hbond substituents is 1. The van der Waals surface area contributed by atoms with Crippen LogP contribution >= 0.6 is 0 Å². The third kappa shape index (κ3) is 3.18. The van der Waals surface area contributed by atoms with Gasteiger partial charge in [0.1, 0.15) is 11.6 Å². The molecule has 23 heavy (non-hydrogen) atoms. The third-order valence-electron chi connectivity index (χ3n) is 3.37. The van der Waals surface area contributed by atoms with Gasteiger partial charge in [0.2, 0.25) is 0 Å². The van der Waals surface area contributed by atoms with E-state index in [0.717, 1.165) is 5.39 Å². The van der Waals surface area contributed by atoms with E-state index in [2.05, 4.69) is 10.5 Å². The van der Waals surface area contributed by atoms with Crippen LogP contribution in [-0.2, 0) is 0 Å². The summed E-state index contributed by atoms with van der Waals surface area (Å²) in [5, 5.41) is 15.4. The first-order valence-electron chi connectivity index (χ1n) is 6.95. The van der Waals surface area contributed by atoms with E-state index in [4.69, 9.17) is 0 Å². The lowest BCUT2D eigenvalue weighted by Crippen LogP contribution is -2.17. The number of carbonyl (C=O) groups is 1. The van der Waals surface area contributed by atoms with Gasteiger partial charge < -0.3 is 5.11 Å². The van der Waals surface area contributed by atoms with E-state index in [1.54, 1.807) is 30.3 Å². The Morgan fingerprint density at radius 1 is 1.09 bits per heavy atom. The molecule has 0 aromatic heterocycles. The summed E-state index contributed by atoms with van der Waals surface area (Å²) in [6, 6.07) is 16.3. The topological polar surface area (TPSA) is 61.7 Å². The Hall–Kier alpha value is -3.21. The van der Waals surface area contributed by atoms with Gasteiger partial charge in [0.15, 0.2) is 0 Å². The molecule has 3 aromatic rings. The average molecular weight is 308 g/mol. The van der Waals surface area contributed by atoms with Crippen molar-refractivity contribution in [1.29, 1.82) is 0 Å². The maximum absolute atomic E-state index is 13.0. The van der Waals surface area contributed by atoms with Crippen LogP contribution in [-0.4, -0.2) is 17.2 Å². The molecule has 114 valence electrons. The lowest BCUT2D eigenvalue weighted by molar-refractivity contribution is 0.0952. The van der Waals surface area contributed by atoms with Crippen LogP contribution in [0.4, 0.5) is 4.39 Å². The summed E-state index contributed by atoms with van der Waals surface area (Å²) in [5.41, 5.74) is 2.97. The van der Waals surface area contributed by atoms with Gasteiger partial charge in [-0.25, -0.2) is 9.82 Å². The van der Waals surface area contributed by atoms with Crippen LogP contribution in [0.2, 0.25) is 0 Å². The molecular weight excluding hydrogens is 295 g/mol. The Balaban J connectivity index is 1.80. The van der Waals surface area contributed by atoms with Crippen LogP contribution in [0.15, 0.2) is 65.8 Å². The highest BCUT2D eigenvalue weighted by molar-refractivity contribution is 6.03. The first-order valence-corrected chi connectivity index (χ1v) is 6.95. The number of fused-ring (bicyclic) bond motifs is 1. The van der Waals surface area contributed by atoms with Crippen molar-refractivity contribution in [3.8, 4) is 5.75 Å². The molecule has 5 heteroatoms. The maximum Gasteiger partial charge on any atom is 0.275 e. The highest BCUT2D eigenvalue weighted by Crippen LogP contribution is 2.28. The molecule has 0 bridgehead atoms. The van der Waals surface area contributed by atoms with Crippen molar-refractivity contribution < 1.29 is 14.3 Å². The molecule has 3 rings (SSSR count). The highest BCUT2D eigenvalue weighted by Gasteiger charge is 2.12. The van der Waals surface area contributed by atoms with E-state index in [9.17, 15) is 14.3 Å². The summed E-state index contributed by atoms with van der Waals surface area (Å²) >= 11 is 0. The number of hydrogen-bond donors (Lipinski definition) is 2. The van der Waals surface area contributed by atoms with E-state index >= 15 is 0 Å². The Morgan fingerprint density at radius 2 is 1.91 bits per heavy atom. The summed E-state index contributed by atoms with van der Waals surface area (Å²) in [6.45, 7) is 0. The van der Waals surface area contributed by atoms with Crippen molar-refractivity contribution in [2.24, 2.45) is 5.10 Å². The minimum absolute atomic E-state index is 0.0958. The van der Waals surface area contributed by atoms with Crippen molar-refractivity contribution in [2.75, 3.05) is 0 Å². The molecular formula is C18H13FN2O2. The van der Waals surface area contributed by atoms with Gasteiger partial charge in [0.25, 0.3) is 5.91 Å². The van der Waals surface area contributed by atoms with Crippen LogP contribution in [0.5, 0.6) is 5.75 Å². The van der Waals surface area contributed by atoms with Gasteiger partial charge in [-0.15, -0.1) is 0 Å². The van der Waals surface area contributed by atoms with Gasteiger partial charge in [0, 0.05) is 5.39 Å². The molecule has 0 saturated carbocycles. The number of hydrazone groups is 1. The van der Waals surface area contributed by atoms with E-state index < -0.39 is 5.91 Å². The lowest BCUT2D eigenvalue weighted by Gasteiger charge is -2.06. The smallest absolute Gasteiger partial charge is 0.275 e. The summed E-state index contributed by atoms with van der Waals surface area (Å²) in [6.07, 6.45) is 1.33. The number of halogens is 1. The summed E-state index contributed by atoms with van der Waals surface area (Å²) in [7, 11) is 0. The number of nitrogens with zero attached hydrogens (tertiary/aromatic N) is 1. The number of phenols is 1. The maximum atomic E-state index is 13.0. The fourth-order valence-corrected chi connectivity index (χ4v) is 2.25. The number of amides is 1. The van der Waals surface area contributed by atoms with Gasteiger partial charge in [-0.05, 0) is 29.1 Å². The SMILES string of the molecule is O=C(N/N=C\c1cccc(F)c1)c1ccc2ccccc2c1O. The van der Waals surface area contributed by atoms with Gasteiger partial charge >= 0.3 is 0 Å². The number of benzene rings is 3. The first-order chi connectivity index (χ1) is 11.1. The van der Waals surface area contributed by atoms with Crippen LogP contribution in [0.25, 0.3) is 10.8 Å². The van der Waals surface area contributed by atoms with Crippen molar-refractivity contribution in [3.63, 3.8) is 0 Å². The minimum Gasteiger partial charge on any atom is -0.506 e. The average Bonchev–Trinajstić information content (AvgIpc) is 2.55. The van der Waals surface area contributed by atoms with Crippen molar-refractivity contribution in [2.45, 2.75) is 0 Å². The third-order valence-corrected chi connectivity index (χ3v) is 3.37. The number of rotatable bonds is 3. The second-order valence-corrected chi connectivity index (χ2v) is 4.94. The van der Waals surface area contributed by atoms with Crippen LogP contribution in [0, 0.1) is 5.82 Å². The molecule has 0 radical (unpaired) electrons. The van der Waals surface area contributed by atoms with Crippen LogP contribution in [0.3, 0.4) is 0 Å². The molecule has 4 nitrogen and oxygen atoms in total.